The van der Waals surface area contributed by atoms with Crippen LogP contribution in [-0.4, -0.2) is 60.4 Å². The molecule has 0 saturated carbocycles. The van der Waals surface area contributed by atoms with Gasteiger partial charge in [-0.1, -0.05) is 29.5 Å². The highest BCUT2D eigenvalue weighted by Crippen LogP contribution is 2.35. The monoisotopic (exact) mass is 555 g/mol. The third-order valence-electron chi connectivity index (χ3n) is 7.16. The zero-order valence-electron chi connectivity index (χ0n) is 23.4. The molecular weight excluding hydrogens is 522 g/mol. The summed E-state index contributed by atoms with van der Waals surface area (Å²) in [4.78, 5) is 26.7. The van der Waals surface area contributed by atoms with Gasteiger partial charge in [0, 0.05) is 25.0 Å². The molecule has 0 radical (unpaired) electrons. The summed E-state index contributed by atoms with van der Waals surface area (Å²) in [6, 6.07) is 17.7. The van der Waals surface area contributed by atoms with Crippen molar-refractivity contribution in [2.24, 2.45) is 5.73 Å². The molecular formula is C29H33N9O3. The number of para-hydroxylation sites is 1. The molecule has 1 aliphatic rings. The lowest BCUT2D eigenvalue weighted by Gasteiger charge is -2.40. The van der Waals surface area contributed by atoms with E-state index in [1.807, 2.05) is 74.0 Å². The lowest BCUT2D eigenvalue weighted by atomic mass is 9.85. The van der Waals surface area contributed by atoms with Gasteiger partial charge in [-0.25, -0.2) is 9.48 Å². The van der Waals surface area contributed by atoms with E-state index in [4.69, 9.17) is 15.6 Å². The minimum absolute atomic E-state index is 0.163. The molecule has 0 spiro atoms. The predicted molar refractivity (Wildman–Crippen MR) is 152 cm³/mol. The lowest BCUT2D eigenvalue weighted by molar-refractivity contribution is 0.0105. The summed E-state index contributed by atoms with van der Waals surface area (Å²) < 4.78 is 9.00. The Bertz CT molecular complexity index is 1620. The topological polar surface area (TPSA) is 157 Å². The van der Waals surface area contributed by atoms with Gasteiger partial charge in [0.2, 0.25) is 0 Å². The zero-order chi connectivity index (χ0) is 29.2. The molecule has 12 heteroatoms. The first kappa shape index (κ1) is 27.6. The zero-order valence-corrected chi connectivity index (χ0v) is 23.4. The van der Waals surface area contributed by atoms with Crippen LogP contribution in [0.1, 0.15) is 56.0 Å². The van der Waals surface area contributed by atoms with Gasteiger partial charge in [-0.05, 0) is 63.4 Å². The normalized spacial score (nSPS) is 14.9. The maximum Gasteiger partial charge on any atom is 0.410 e. The molecule has 3 heterocycles. The highest BCUT2D eigenvalue weighted by atomic mass is 16.6. The fourth-order valence-corrected chi connectivity index (χ4v) is 5.05. The Morgan fingerprint density at radius 2 is 1.90 bits per heavy atom. The molecule has 212 valence electrons. The van der Waals surface area contributed by atoms with Gasteiger partial charge in [0.05, 0.1) is 30.1 Å². The minimum atomic E-state index is -0.701. The summed E-state index contributed by atoms with van der Waals surface area (Å²) >= 11 is 0. The molecule has 0 atom stereocenters. The van der Waals surface area contributed by atoms with E-state index in [0.717, 1.165) is 16.6 Å². The van der Waals surface area contributed by atoms with Gasteiger partial charge in [0.15, 0.2) is 5.82 Å². The summed E-state index contributed by atoms with van der Waals surface area (Å²) in [5.74, 6) is -0.338. The van der Waals surface area contributed by atoms with Crippen molar-refractivity contribution in [1.82, 2.24) is 29.7 Å². The number of anilines is 2. The van der Waals surface area contributed by atoms with Crippen molar-refractivity contribution >= 4 is 34.5 Å². The first-order valence-electron chi connectivity index (χ1n) is 13.5. The molecule has 3 N–H and O–H groups in total. The van der Waals surface area contributed by atoms with E-state index in [-0.39, 0.29) is 18.1 Å². The Morgan fingerprint density at radius 3 is 2.61 bits per heavy atom. The molecule has 1 fully saturated rings. The average molecular weight is 556 g/mol. The molecule has 0 unspecified atom stereocenters. The second-order valence-electron chi connectivity index (χ2n) is 11.3. The number of hydrogen-bond acceptors (Lipinski definition) is 8. The van der Waals surface area contributed by atoms with Crippen molar-refractivity contribution in [1.29, 1.82) is 5.26 Å². The van der Waals surface area contributed by atoms with Crippen molar-refractivity contribution in [3.63, 3.8) is 0 Å². The molecule has 1 aliphatic heterocycles. The number of carbonyl (C=O) groups is 2. The SMILES string of the molecule is CC(C)(C)OC(=O)N1CCC(CC#N)(n2cc(C(N)=O)c(Nc3cccc(Cn4nnc5ccccc54)c3)n2)CC1. The quantitative estimate of drug-likeness (QED) is 0.344. The number of nitriles is 1. The van der Waals surface area contributed by atoms with E-state index in [1.165, 1.54) is 0 Å². The maximum absolute atomic E-state index is 12.6. The lowest BCUT2D eigenvalue weighted by Crippen LogP contribution is -2.49. The second-order valence-corrected chi connectivity index (χ2v) is 11.3. The van der Waals surface area contributed by atoms with Crippen LogP contribution in [0.15, 0.2) is 54.7 Å². The highest BCUT2D eigenvalue weighted by molar-refractivity contribution is 5.98. The Labute approximate surface area is 237 Å². The molecule has 5 rings (SSSR count). The number of nitrogens with zero attached hydrogens (tertiary/aromatic N) is 7. The molecule has 1 saturated heterocycles. The van der Waals surface area contributed by atoms with Gasteiger partial charge in [-0.3, -0.25) is 9.48 Å². The van der Waals surface area contributed by atoms with Crippen LogP contribution in [0.4, 0.5) is 16.3 Å². The van der Waals surface area contributed by atoms with Crippen LogP contribution in [0, 0.1) is 11.3 Å². The van der Waals surface area contributed by atoms with Crippen LogP contribution < -0.4 is 11.1 Å². The van der Waals surface area contributed by atoms with Crippen molar-refractivity contribution in [2.75, 3.05) is 18.4 Å². The van der Waals surface area contributed by atoms with Crippen LogP contribution in [0.25, 0.3) is 11.0 Å². The van der Waals surface area contributed by atoms with E-state index in [0.29, 0.717) is 44.0 Å². The molecule has 2 aromatic carbocycles. The molecule has 12 nitrogen and oxygen atoms in total. The summed E-state index contributed by atoms with van der Waals surface area (Å²) in [5, 5.41) is 26.1. The van der Waals surface area contributed by atoms with Crippen LogP contribution in [-0.2, 0) is 16.8 Å². The van der Waals surface area contributed by atoms with Crippen molar-refractivity contribution in [3.8, 4) is 6.07 Å². The summed E-state index contributed by atoms with van der Waals surface area (Å²) in [7, 11) is 0. The Hall–Kier alpha value is -4.92. The fourth-order valence-electron chi connectivity index (χ4n) is 5.05. The summed E-state index contributed by atoms with van der Waals surface area (Å²) in [6.45, 7) is 6.76. The molecule has 41 heavy (non-hydrogen) atoms. The number of aromatic nitrogens is 5. The number of ether oxygens (including phenoxy) is 1. The van der Waals surface area contributed by atoms with Crippen LogP contribution in [0.5, 0.6) is 0 Å². The summed E-state index contributed by atoms with van der Waals surface area (Å²) in [6.07, 6.45) is 2.32. The number of carbonyl (C=O) groups excluding carboxylic acids is 2. The van der Waals surface area contributed by atoms with E-state index >= 15 is 0 Å². The average Bonchev–Trinajstić information content (AvgIpc) is 3.53. The smallest absolute Gasteiger partial charge is 0.410 e. The van der Waals surface area contributed by atoms with Crippen molar-refractivity contribution in [3.05, 3.63) is 65.9 Å². The largest absolute Gasteiger partial charge is 0.444 e. The van der Waals surface area contributed by atoms with E-state index in [2.05, 4.69) is 21.7 Å². The fraction of sp³-hybridized carbons (Fsp3) is 0.379. The molecule has 4 aromatic rings. The number of hydrogen-bond donors (Lipinski definition) is 2. The maximum atomic E-state index is 12.6. The van der Waals surface area contributed by atoms with Gasteiger partial charge in [-0.15, -0.1) is 5.10 Å². The van der Waals surface area contributed by atoms with E-state index in [1.54, 1.807) is 15.8 Å². The molecule has 0 aliphatic carbocycles. The number of primary amides is 1. The Morgan fingerprint density at radius 1 is 1.15 bits per heavy atom. The number of likely N-dealkylation sites (tertiary alicyclic amines) is 1. The summed E-state index contributed by atoms with van der Waals surface area (Å²) in [5.41, 5.74) is 8.09. The number of piperidine rings is 1. The molecule has 2 amide bonds. The second kappa shape index (κ2) is 10.9. The third kappa shape index (κ3) is 5.99. The van der Waals surface area contributed by atoms with Crippen molar-refractivity contribution in [2.45, 2.75) is 57.7 Å². The number of nitrogens with two attached hydrogens (primary N) is 1. The van der Waals surface area contributed by atoms with Crippen molar-refractivity contribution < 1.29 is 14.3 Å². The third-order valence-corrected chi connectivity index (χ3v) is 7.16. The number of rotatable bonds is 7. The Kier molecular flexibility index (Phi) is 7.36. The minimum Gasteiger partial charge on any atom is -0.444 e. The van der Waals surface area contributed by atoms with Gasteiger partial charge in [-0.2, -0.15) is 10.4 Å². The number of fused-ring (bicyclic) bond motifs is 1. The molecule has 2 aromatic heterocycles. The standard InChI is InChI=1S/C29H33N9O3/c1-28(2,3)41-27(40)36-15-12-29(11-14-30,13-16-36)38-19-22(25(31)39)26(34-38)32-21-8-6-7-20(17-21)18-37-24-10-5-4-9-23(24)33-35-37/h4-10,17,19H,11-13,15-16,18H2,1-3H3,(H2,31,39)(H,32,34). The Balaban J connectivity index is 1.37. The van der Waals surface area contributed by atoms with E-state index in [9.17, 15) is 14.9 Å². The van der Waals surface area contributed by atoms with Gasteiger partial charge in [0.1, 0.15) is 16.7 Å². The van der Waals surface area contributed by atoms with Crippen LogP contribution >= 0.6 is 0 Å². The van der Waals surface area contributed by atoms with Gasteiger partial charge in [0.25, 0.3) is 5.91 Å². The van der Waals surface area contributed by atoms with Crippen LogP contribution in [0.3, 0.4) is 0 Å². The van der Waals surface area contributed by atoms with Crippen LogP contribution in [0.2, 0.25) is 0 Å². The number of amides is 2. The number of nitrogens with one attached hydrogen (secondary N) is 1. The molecule has 0 bridgehead atoms. The van der Waals surface area contributed by atoms with Gasteiger partial charge < -0.3 is 20.7 Å². The highest BCUT2D eigenvalue weighted by Gasteiger charge is 2.40. The van der Waals surface area contributed by atoms with E-state index < -0.39 is 17.0 Å². The first-order valence-corrected chi connectivity index (χ1v) is 13.5. The first-order chi connectivity index (χ1) is 19.6. The van der Waals surface area contributed by atoms with Gasteiger partial charge >= 0.3 is 6.09 Å². The number of benzene rings is 2. The predicted octanol–water partition coefficient (Wildman–Crippen LogP) is 4.16.